The van der Waals surface area contributed by atoms with Crippen molar-refractivity contribution >= 4 is 17.9 Å². The highest BCUT2D eigenvalue weighted by Crippen LogP contribution is 2.16. The van der Waals surface area contributed by atoms with Crippen molar-refractivity contribution in [2.24, 2.45) is 0 Å². The smallest absolute Gasteiger partial charge is 0.306 e. The third kappa shape index (κ3) is 55.1. The highest BCUT2D eigenvalue weighted by Gasteiger charge is 2.19. The molecule has 0 N–H and O–H groups in total. The van der Waals surface area contributed by atoms with E-state index in [4.69, 9.17) is 14.2 Å². The molecule has 0 rings (SSSR count). The zero-order chi connectivity index (χ0) is 50.0. The van der Waals surface area contributed by atoms with Gasteiger partial charge >= 0.3 is 17.9 Å². The number of unbranched alkanes of at least 4 members (excludes halogenated alkanes) is 30. The minimum atomic E-state index is -0.812. The normalized spacial score (nSPS) is 12.8. The number of rotatable bonds is 51. The predicted octanol–water partition coefficient (Wildman–Crippen LogP) is 19.3. The topological polar surface area (TPSA) is 78.9 Å². The fourth-order valence-corrected chi connectivity index (χ4v) is 7.94. The van der Waals surface area contributed by atoms with Gasteiger partial charge < -0.3 is 14.2 Å². The molecule has 0 aliphatic heterocycles. The molecule has 0 aromatic heterocycles. The largest absolute Gasteiger partial charge is 0.462 e. The molecule has 0 aliphatic rings. The third-order valence-corrected chi connectivity index (χ3v) is 12.3. The van der Waals surface area contributed by atoms with Crippen LogP contribution in [0.3, 0.4) is 0 Å². The van der Waals surface area contributed by atoms with E-state index in [2.05, 4.69) is 57.2 Å². The molecule has 0 aromatic carbocycles. The van der Waals surface area contributed by atoms with Gasteiger partial charge in [0.2, 0.25) is 0 Å². The molecule has 1 unspecified atom stereocenters. The summed E-state index contributed by atoms with van der Waals surface area (Å²) in [5, 5.41) is 0. The molecule has 0 heterocycles. The lowest BCUT2D eigenvalue weighted by Crippen LogP contribution is -2.30. The molecule has 394 valence electrons. The number of ether oxygens (including phenoxy) is 3. The van der Waals surface area contributed by atoms with Gasteiger partial charge in [-0.15, -0.1) is 0 Å². The van der Waals surface area contributed by atoms with Gasteiger partial charge in [0.15, 0.2) is 6.10 Å². The SMILES string of the molecule is CC\C=C/C=C\C=C/C=C\C=C\C=C/CCCCCC(=O)OC(COC(=O)CCCCC/C=C\C=C/CCCCCCCCC)COC(=O)CCCCCCCCCCCCCCCCCCCC. The average molecular weight is 960 g/mol. The molecule has 0 saturated carbocycles. The second kappa shape index (κ2) is 56.9. The summed E-state index contributed by atoms with van der Waals surface area (Å²) in [7, 11) is 0. The Bertz CT molecular complexity index is 1380. The monoisotopic (exact) mass is 959 g/mol. The standard InChI is InChI=1S/C63H106O6/c1-4-7-10-13-16-19-22-25-28-31-33-35-38-41-44-47-50-53-56-62(65)68-59-60(58-67-61(64)55-52-49-46-43-40-37-34-30-27-24-21-18-15-12-9-6-3)69-63(66)57-54-51-48-45-42-39-36-32-29-26-23-20-17-14-11-8-5-2/h8,11,14,17,20,23,26,29-30,32,34,36-37,39-40,42,60H,4-7,9-10,12-13,15-16,18-19,21-22,24-25,27-28,31,33,35,38,41,43-59H2,1-3H3/b11-8-,17-14-,23-20-,29-26-,34-30-,36-32+,40-37-,42-39-. The molecule has 69 heavy (non-hydrogen) atoms. The molecule has 6 nitrogen and oxygen atoms in total. The van der Waals surface area contributed by atoms with Crippen molar-refractivity contribution in [1.29, 1.82) is 0 Å². The van der Waals surface area contributed by atoms with Gasteiger partial charge in [-0.05, 0) is 64.2 Å². The van der Waals surface area contributed by atoms with Gasteiger partial charge in [0.1, 0.15) is 13.2 Å². The van der Waals surface area contributed by atoms with Crippen LogP contribution in [0.5, 0.6) is 0 Å². The minimum Gasteiger partial charge on any atom is -0.462 e. The first kappa shape index (κ1) is 65.3. The number of hydrogen-bond donors (Lipinski definition) is 0. The fourth-order valence-electron chi connectivity index (χ4n) is 7.94. The van der Waals surface area contributed by atoms with Crippen molar-refractivity contribution in [2.75, 3.05) is 13.2 Å². The molecular formula is C63H106O6. The lowest BCUT2D eigenvalue weighted by atomic mass is 10.0. The van der Waals surface area contributed by atoms with Gasteiger partial charge in [-0.1, -0.05) is 279 Å². The number of carbonyl (C=O) groups excluding carboxylic acids is 3. The van der Waals surface area contributed by atoms with Crippen LogP contribution >= 0.6 is 0 Å². The molecule has 0 bridgehead atoms. The van der Waals surface area contributed by atoms with Crippen LogP contribution in [0.25, 0.3) is 0 Å². The van der Waals surface area contributed by atoms with Gasteiger partial charge in [0.05, 0.1) is 0 Å². The van der Waals surface area contributed by atoms with Crippen LogP contribution in [-0.2, 0) is 28.6 Å². The molecular weight excluding hydrogens is 853 g/mol. The molecule has 0 aliphatic carbocycles. The number of esters is 3. The average Bonchev–Trinajstić information content (AvgIpc) is 3.35. The van der Waals surface area contributed by atoms with Crippen molar-refractivity contribution in [1.82, 2.24) is 0 Å². The lowest BCUT2D eigenvalue weighted by Gasteiger charge is -2.18. The zero-order valence-corrected chi connectivity index (χ0v) is 45.0. The van der Waals surface area contributed by atoms with Crippen molar-refractivity contribution in [2.45, 2.75) is 271 Å². The van der Waals surface area contributed by atoms with Crippen molar-refractivity contribution < 1.29 is 28.6 Å². The lowest BCUT2D eigenvalue weighted by molar-refractivity contribution is -0.167. The fraction of sp³-hybridized carbons (Fsp3) is 0.698. The number of hydrogen-bond acceptors (Lipinski definition) is 6. The molecule has 0 radical (unpaired) electrons. The van der Waals surface area contributed by atoms with Crippen LogP contribution in [0.1, 0.15) is 265 Å². The summed E-state index contributed by atoms with van der Waals surface area (Å²) in [5.74, 6) is -0.969. The van der Waals surface area contributed by atoms with Crippen LogP contribution in [0.15, 0.2) is 97.2 Å². The highest BCUT2D eigenvalue weighted by molar-refractivity contribution is 5.71. The maximum atomic E-state index is 12.8. The van der Waals surface area contributed by atoms with Crippen LogP contribution in [-0.4, -0.2) is 37.2 Å². The number of carbonyl (C=O) groups is 3. The molecule has 0 amide bonds. The Labute approximate surface area is 426 Å². The summed E-state index contributed by atoms with van der Waals surface area (Å²) in [6, 6.07) is 0. The maximum absolute atomic E-state index is 12.8. The number of allylic oxidation sites excluding steroid dienone is 16. The minimum absolute atomic E-state index is 0.103. The van der Waals surface area contributed by atoms with Crippen molar-refractivity contribution in [3.63, 3.8) is 0 Å². The molecule has 0 spiro atoms. The quantitative estimate of drug-likeness (QED) is 0.0262. The van der Waals surface area contributed by atoms with Crippen LogP contribution < -0.4 is 0 Å². The summed E-state index contributed by atoms with van der Waals surface area (Å²) in [5.41, 5.74) is 0. The predicted molar refractivity (Wildman–Crippen MR) is 297 cm³/mol. The van der Waals surface area contributed by atoms with E-state index in [1.807, 2.05) is 60.8 Å². The van der Waals surface area contributed by atoms with Crippen LogP contribution in [0.4, 0.5) is 0 Å². The van der Waals surface area contributed by atoms with E-state index in [0.29, 0.717) is 19.3 Å². The summed E-state index contributed by atoms with van der Waals surface area (Å²) in [4.78, 5) is 38.2. The van der Waals surface area contributed by atoms with Crippen LogP contribution in [0, 0.1) is 0 Å². The van der Waals surface area contributed by atoms with E-state index < -0.39 is 6.10 Å². The molecule has 1 atom stereocenters. The Hall–Kier alpha value is -3.67. The van der Waals surface area contributed by atoms with Gasteiger partial charge in [-0.25, -0.2) is 0 Å². The van der Waals surface area contributed by atoms with Gasteiger partial charge in [0.25, 0.3) is 0 Å². The molecule has 0 saturated heterocycles. The summed E-state index contributed by atoms with van der Waals surface area (Å²) >= 11 is 0. The van der Waals surface area contributed by atoms with E-state index in [0.717, 1.165) is 77.0 Å². The first-order valence-electron chi connectivity index (χ1n) is 28.8. The Kier molecular flexibility index (Phi) is 53.9. The van der Waals surface area contributed by atoms with E-state index in [9.17, 15) is 14.4 Å². The summed E-state index contributed by atoms with van der Waals surface area (Å²) < 4.78 is 16.8. The van der Waals surface area contributed by atoms with Crippen LogP contribution in [0.2, 0.25) is 0 Å². The zero-order valence-electron chi connectivity index (χ0n) is 45.0. The molecule has 6 heteroatoms. The molecule has 0 aromatic rings. The Morgan fingerprint density at radius 2 is 0.565 bits per heavy atom. The van der Waals surface area contributed by atoms with Gasteiger partial charge in [-0.3, -0.25) is 14.4 Å². The summed E-state index contributed by atoms with van der Waals surface area (Å²) in [6.07, 6.45) is 75.4. The second-order valence-corrected chi connectivity index (χ2v) is 19.0. The first-order valence-corrected chi connectivity index (χ1v) is 28.8. The van der Waals surface area contributed by atoms with Crippen molar-refractivity contribution in [3.05, 3.63) is 97.2 Å². The van der Waals surface area contributed by atoms with Gasteiger partial charge in [0, 0.05) is 19.3 Å². The summed E-state index contributed by atoms with van der Waals surface area (Å²) in [6.45, 7) is 6.45. The van der Waals surface area contributed by atoms with Gasteiger partial charge in [-0.2, -0.15) is 0 Å². The van der Waals surface area contributed by atoms with E-state index in [1.165, 1.54) is 141 Å². The molecule has 0 fully saturated rings. The van der Waals surface area contributed by atoms with Crippen molar-refractivity contribution in [3.8, 4) is 0 Å². The highest BCUT2D eigenvalue weighted by atomic mass is 16.6. The van der Waals surface area contributed by atoms with E-state index in [-0.39, 0.29) is 37.5 Å². The maximum Gasteiger partial charge on any atom is 0.306 e. The van der Waals surface area contributed by atoms with E-state index in [1.54, 1.807) is 0 Å². The second-order valence-electron chi connectivity index (χ2n) is 19.0. The first-order chi connectivity index (χ1) is 34.0. The Morgan fingerprint density at radius 3 is 0.913 bits per heavy atom. The van der Waals surface area contributed by atoms with E-state index >= 15 is 0 Å². The third-order valence-electron chi connectivity index (χ3n) is 12.3. The Morgan fingerprint density at radius 1 is 0.304 bits per heavy atom. The Balaban J connectivity index is 4.50.